The molecule has 0 saturated carbocycles. The van der Waals surface area contributed by atoms with E-state index in [-0.39, 0.29) is 24.1 Å². The highest BCUT2D eigenvalue weighted by atomic mass is 19.3. The Hall–Kier alpha value is -2.47. The third kappa shape index (κ3) is 6.11. The number of alkyl halides is 2. The molecule has 4 nitrogen and oxygen atoms in total. The van der Waals surface area contributed by atoms with Gasteiger partial charge in [-0.1, -0.05) is 42.0 Å². The van der Waals surface area contributed by atoms with E-state index < -0.39 is 6.61 Å². The minimum Gasteiger partial charge on any atom is -0.435 e. The van der Waals surface area contributed by atoms with Gasteiger partial charge in [0.15, 0.2) is 0 Å². The van der Waals surface area contributed by atoms with Gasteiger partial charge in [-0.2, -0.15) is 8.78 Å². The van der Waals surface area contributed by atoms with Gasteiger partial charge in [0.2, 0.25) is 5.91 Å². The molecule has 6 heteroatoms. The maximum absolute atomic E-state index is 12.2. The Balaban J connectivity index is 1.90. The molecule has 1 atom stereocenters. The van der Waals surface area contributed by atoms with Crippen LogP contribution in [0.2, 0.25) is 0 Å². The fraction of sp³-hybridized carbons (Fsp3) is 0.350. The van der Waals surface area contributed by atoms with Gasteiger partial charge in [-0.05, 0) is 44.3 Å². The van der Waals surface area contributed by atoms with Gasteiger partial charge in [-0.25, -0.2) is 0 Å². The van der Waals surface area contributed by atoms with Gasteiger partial charge in [-0.15, -0.1) is 0 Å². The number of nitrogens with zero attached hydrogens (tertiary/aromatic N) is 1. The lowest BCUT2D eigenvalue weighted by molar-refractivity contribution is -0.120. The van der Waals surface area contributed by atoms with E-state index in [2.05, 4.69) is 39.2 Å². The van der Waals surface area contributed by atoms with Crippen LogP contribution in [0.3, 0.4) is 0 Å². The lowest BCUT2D eigenvalue weighted by atomic mass is 10.0. The molecule has 0 bridgehead atoms. The summed E-state index contributed by atoms with van der Waals surface area (Å²) in [5.74, 6) is -0.0392. The predicted octanol–water partition coefficient (Wildman–Crippen LogP) is 3.56. The first-order valence-corrected chi connectivity index (χ1v) is 8.38. The monoisotopic (exact) mass is 362 g/mol. The van der Waals surface area contributed by atoms with E-state index >= 15 is 0 Å². The normalized spacial score (nSPS) is 12.3. The third-order valence-corrected chi connectivity index (χ3v) is 4.09. The number of hydrogen-bond acceptors (Lipinski definition) is 3. The molecule has 0 saturated heterocycles. The Kier molecular flexibility index (Phi) is 7.09. The minimum atomic E-state index is -2.85. The number of carbonyl (C=O) groups excluding carboxylic acids is 1. The highest BCUT2D eigenvalue weighted by Crippen LogP contribution is 2.18. The van der Waals surface area contributed by atoms with Crippen molar-refractivity contribution in [1.82, 2.24) is 10.2 Å². The first kappa shape index (κ1) is 19.8. The largest absolute Gasteiger partial charge is 0.435 e. The SMILES string of the molecule is Cc1ccc(C(CNC(=O)Cc2ccc(OC(F)F)cc2)N(C)C)cc1. The molecule has 1 unspecified atom stereocenters. The lowest BCUT2D eigenvalue weighted by Crippen LogP contribution is -2.35. The predicted molar refractivity (Wildman–Crippen MR) is 97.4 cm³/mol. The number of ether oxygens (including phenoxy) is 1. The van der Waals surface area contributed by atoms with Crippen molar-refractivity contribution in [1.29, 1.82) is 0 Å². The Morgan fingerprint density at radius 1 is 1.08 bits per heavy atom. The molecule has 2 aromatic carbocycles. The average Bonchev–Trinajstić information content (AvgIpc) is 2.57. The zero-order valence-electron chi connectivity index (χ0n) is 15.2. The number of benzene rings is 2. The molecule has 26 heavy (non-hydrogen) atoms. The summed E-state index contributed by atoms with van der Waals surface area (Å²) in [6.45, 7) is -0.330. The van der Waals surface area contributed by atoms with E-state index in [1.54, 1.807) is 12.1 Å². The zero-order chi connectivity index (χ0) is 19.1. The van der Waals surface area contributed by atoms with E-state index in [9.17, 15) is 13.6 Å². The van der Waals surface area contributed by atoms with Crippen molar-refractivity contribution >= 4 is 5.91 Å². The molecule has 0 spiro atoms. The van der Waals surface area contributed by atoms with Crippen molar-refractivity contribution < 1.29 is 18.3 Å². The molecular weight excluding hydrogens is 338 g/mol. The Morgan fingerprint density at radius 3 is 2.23 bits per heavy atom. The first-order valence-electron chi connectivity index (χ1n) is 8.38. The first-order chi connectivity index (χ1) is 12.3. The van der Waals surface area contributed by atoms with Crippen molar-refractivity contribution in [2.24, 2.45) is 0 Å². The quantitative estimate of drug-likeness (QED) is 0.781. The summed E-state index contributed by atoms with van der Waals surface area (Å²) in [5.41, 5.74) is 3.06. The molecular formula is C20H24F2N2O2. The van der Waals surface area contributed by atoms with Crippen molar-refractivity contribution in [2.75, 3.05) is 20.6 Å². The number of rotatable bonds is 8. The van der Waals surface area contributed by atoms with Crippen LogP contribution < -0.4 is 10.1 Å². The summed E-state index contributed by atoms with van der Waals surface area (Å²) in [7, 11) is 3.94. The minimum absolute atomic E-state index is 0.0707. The molecule has 140 valence electrons. The smallest absolute Gasteiger partial charge is 0.387 e. The van der Waals surface area contributed by atoms with Crippen LogP contribution in [0, 0.1) is 6.92 Å². The summed E-state index contributed by atoms with van der Waals surface area (Å²) < 4.78 is 28.6. The number of carbonyl (C=O) groups is 1. The van der Waals surface area contributed by atoms with Gasteiger partial charge in [0, 0.05) is 6.54 Å². The molecule has 0 aliphatic heterocycles. The van der Waals surface area contributed by atoms with Crippen molar-refractivity contribution in [3.8, 4) is 5.75 Å². The van der Waals surface area contributed by atoms with E-state index in [0.717, 1.165) is 11.1 Å². The van der Waals surface area contributed by atoms with Crippen LogP contribution in [-0.4, -0.2) is 38.1 Å². The van der Waals surface area contributed by atoms with E-state index in [1.807, 2.05) is 21.0 Å². The summed E-state index contributed by atoms with van der Waals surface area (Å²) in [6, 6.07) is 14.4. The van der Waals surface area contributed by atoms with E-state index in [1.165, 1.54) is 17.7 Å². The summed E-state index contributed by atoms with van der Waals surface area (Å²) in [6.07, 6.45) is 0.184. The topological polar surface area (TPSA) is 41.6 Å². The lowest BCUT2D eigenvalue weighted by Gasteiger charge is -2.25. The van der Waals surface area contributed by atoms with Crippen molar-refractivity contribution in [3.05, 3.63) is 65.2 Å². The Morgan fingerprint density at radius 2 is 1.69 bits per heavy atom. The molecule has 2 aromatic rings. The second kappa shape index (κ2) is 9.29. The van der Waals surface area contributed by atoms with E-state index in [0.29, 0.717) is 6.54 Å². The van der Waals surface area contributed by atoms with Crippen LogP contribution in [0.5, 0.6) is 5.75 Å². The third-order valence-electron chi connectivity index (χ3n) is 4.09. The molecule has 0 aliphatic rings. The molecule has 2 rings (SSSR count). The standard InChI is InChI=1S/C20H24F2N2O2/c1-14-4-8-16(9-5-14)18(24(2)3)13-23-19(25)12-15-6-10-17(11-7-15)26-20(21)22/h4-11,18,20H,12-13H2,1-3H3,(H,23,25). The molecule has 0 aromatic heterocycles. The fourth-order valence-electron chi connectivity index (χ4n) is 2.63. The summed E-state index contributed by atoms with van der Waals surface area (Å²) in [4.78, 5) is 14.3. The fourth-order valence-corrected chi connectivity index (χ4v) is 2.63. The maximum Gasteiger partial charge on any atom is 0.387 e. The van der Waals surface area contributed by atoms with Crippen LogP contribution in [-0.2, 0) is 11.2 Å². The van der Waals surface area contributed by atoms with Gasteiger partial charge < -0.3 is 15.0 Å². The number of nitrogens with one attached hydrogen (secondary N) is 1. The van der Waals surface area contributed by atoms with Gasteiger partial charge in [0.05, 0.1) is 12.5 Å². The van der Waals surface area contributed by atoms with Crippen LogP contribution in [0.25, 0.3) is 0 Å². The Bertz CT molecular complexity index is 701. The molecule has 0 aliphatic carbocycles. The molecule has 0 radical (unpaired) electrons. The van der Waals surface area contributed by atoms with Crippen molar-refractivity contribution in [3.63, 3.8) is 0 Å². The second-order valence-corrected chi connectivity index (χ2v) is 6.39. The van der Waals surface area contributed by atoms with Crippen LogP contribution in [0.15, 0.2) is 48.5 Å². The van der Waals surface area contributed by atoms with Crippen molar-refractivity contribution in [2.45, 2.75) is 26.0 Å². The highest BCUT2D eigenvalue weighted by molar-refractivity contribution is 5.78. The number of aryl methyl sites for hydroxylation is 1. The van der Waals surface area contributed by atoms with Crippen LogP contribution >= 0.6 is 0 Å². The number of halogens is 2. The number of hydrogen-bond donors (Lipinski definition) is 1. The van der Waals surface area contributed by atoms with Crippen LogP contribution in [0.4, 0.5) is 8.78 Å². The molecule has 1 N–H and O–H groups in total. The van der Waals surface area contributed by atoms with Gasteiger partial charge in [0.25, 0.3) is 0 Å². The summed E-state index contributed by atoms with van der Waals surface area (Å²) >= 11 is 0. The Labute approximate surface area is 152 Å². The van der Waals surface area contributed by atoms with Gasteiger partial charge >= 0.3 is 6.61 Å². The highest BCUT2D eigenvalue weighted by Gasteiger charge is 2.15. The second-order valence-electron chi connectivity index (χ2n) is 6.39. The van der Waals surface area contributed by atoms with Gasteiger partial charge in [-0.3, -0.25) is 4.79 Å². The average molecular weight is 362 g/mol. The van der Waals surface area contributed by atoms with E-state index in [4.69, 9.17) is 0 Å². The number of amides is 1. The van der Waals surface area contributed by atoms with Gasteiger partial charge in [0.1, 0.15) is 5.75 Å². The zero-order valence-corrected chi connectivity index (χ0v) is 15.2. The van der Waals surface area contributed by atoms with Crippen LogP contribution in [0.1, 0.15) is 22.7 Å². The molecule has 0 heterocycles. The number of likely N-dealkylation sites (N-methyl/N-ethyl adjacent to an activating group) is 1. The maximum atomic E-state index is 12.2. The summed E-state index contributed by atoms with van der Waals surface area (Å²) in [5, 5.41) is 2.94. The molecule has 1 amide bonds. The molecule has 0 fully saturated rings.